The molecule has 8 heteroatoms. The maximum atomic E-state index is 12.4. The maximum absolute atomic E-state index is 12.4. The van der Waals surface area contributed by atoms with Gasteiger partial charge < -0.3 is 9.47 Å². The van der Waals surface area contributed by atoms with Crippen LogP contribution >= 0.6 is 0 Å². The molecule has 0 aromatic rings. The highest BCUT2D eigenvalue weighted by Crippen LogP contribution is 2.22. The second kappa shape index (κ2) is 6.01. The molecule has 4 nitrogen and oxygen atoms in total. The molecule has 0 heterocycles. The summed E-state index contributed by atoms with van der Waals surface area (Å²) in [6.45, 7) is 1.91. The Morgan fingerprint density at radius 3 is 2.00 bits per heavy atom. The summed E-state index contributed by atoms with van der Waals surface area (Å²) in [5, 5.41) is 0. The standard InChI is InChI=1S/C10H14F4O4/c1-9(2,3)8(16)17-4-6(15)18-5-10(13,14)7(11)12/h7H,4-5H2,1-3H3. The predicted octanol–water partition coefficient (Wildman–Crippen LogP) is 2.02. The van der Waals surface area contributed by atoms with Gasteiger partial charge in [-0.2, -0.15) is 8.78 Å². The molecule has 0 aromatic carbocycles. The molecule has 0 amide bonds. The molecule has 0 aliphatic rings. The first-order valence-electron chi connectivity index (χ1n) is 4.95. The van der Waals surface area contributed by atoms with Crippen molar-refractivity contribution < 1.29 is 36.6 Å². The second-order valence-electron chi connectivity index (χ2n) is 4.55. The zero-order chi connectivity index (χ0) is 14.6. The lowest BCUT2D eigenvalue weighted by Gasteiger charge is -2.17. The number of alkyl halides is 4. The first-order valence-corrected chi connectivity index (χ1v) is 4.95. The van der Waals surface area contributed by atoms with Crippen LogP contribution in [0.2, 0.25) is 0 Å². The van der Waals surface area contributed by atoms with Gasteiger partial charge in [0.1, 0.15) is 0 Å². The fourth-order valence-electron chi connectivity index (χ4n) is 0.622. The molecule has 0 atom stereocenters. The average molecular weight is 274 g/mol. The van der Waals surface area contributed by atoms with Gasteiger partial charge in [-0.25, -0.2) is 13.6 Å². The van der Waals surface area contributed by atoms with E-state index in [9.17, 15) is 27.2 Å². The molecule has 0 bridgehead atoms. The molecule has 0 N–H and O–H groups in total. The largest absolute Gasteiger partial charge is 0.457 e. The summed E-state index contributed by atoms with van der Waals surface area (Å²) in [6.07, 6.45) is -3.93. The zero-order valence-corrected chi connectivity index (χ0v) is 10.1. The quantitative estimate of drug-likeness (QED) is 0.568. The molecule has 0 saturated heterocycles. The van der Waals surface area contributed by atoms with Crippen molar-refractivity contribution in [3.05, 3.63) is 0 Å². The minimum atomic E-state index is -4.41. The normalized spacial score (nSPS) is 12.4. The molecule has 0 unspecified atom stereocenters. The monoisotopic (exact) mass is 274 g/mol. The number of carbonyl (C=O) groups excluding carboxylic acids is 2. The lowest BCUT2D eigenvalue weighted by molar-refractivity contribution is -0.185. The van der Waals surface area contributed by atoms with Crippen LogP contribution in [-0.2, 0) is 19.1 Å². The van der Waals surface area contributed by atoms with Crippen molar-refractivity contribution in [3.8, 4) is 0 Å². The Hall–Kier alpha value is -1.34. The van der Waals surface area contributed by atoms with Crippen LogP contribution in [0.4, 0.5) is 17.6 Å². The van der Waals surface area contributed by atoms with Gasteiger partial charge in [0.05, 0.1) is 5.41 Å². The molecule has 0 radical (unpaired) electrons. The first kappa shape index (κ1) is 16.7. The summed E-state index contributed by atoms with van der Waals surface area (Å²) in [6, 6.07) is 0. The van der Waals surface area contributed by atoms with E-state index < -0.39 is 42.9 Å². The summed E-state index contributed by atoms with van der Waals surface area (Å²) in [5.74, 6) is -6.46. The van der Waals surface area contributed by atoms with Crippen LogP contribution in [0.3, 0.4) is 0 Å². The van der Waals surface area contributed by atoms with Crippen LogP contribution in [0.1, 0.15) is 20.8 Å². The maximum Gasteiger partial charge on any atom is 0.344 e. The number of hydrogen-bond donors (Lipinski definition) is 0. The Balaban J connectivity index is 4.05. The molecular formula is C10H14F4O4. The van der Waals surface area contributed by atoms with Gasteiger partial charge in [0.2, 0.25) is 0 Å². The van der Waals surface area contributed by atoms with Gasteiger partial charge in [0.15, 0.2) is 13.2 Å². The number of hydrogen-bond acceptors (Lipinski definition) is 4. The van der Waals surface area contributed by atoms with Crippen LogP contribution in [-0.4, -0.2) is 37.5 Å². The van der Waals surface area contributed by atoms with Crippen molar-refractivity contribution in [2.45, 2.75) is 33.1 Å². The van der Waals surface area contributed by atoms with Gasteiger partial charge in [-0.05, 0) is 20.8 Å². The van der Waals surface area contributed by atoms with Gasteiger partial charge in [-0.1, -0.05) is 0 Å². The van der Waals surface area contributed by atoms with E-state index in [1.807, 2.05) is 0 Å². The van der Waals surface area contributed by atoms with E-state index >= 15 is 0 Å². The van der Waals surface area contributed by atoms with Gasteiger partial charge in [-0.15, -0.1) is 0 Å². The lowest BCUT2D eigenvalue weighted by Crippen LogP contribution is -2.34. The van der Waals surface area contributed by atoms with Gasteiger partial charge in [0, 0.05) is 0 Å². The Labute approximate surface area is 101 Å². The smallest absolute Gasteiger partial charge is 0.344 e. The lowest BCUT2D eigenvalue weighted by atomic mass is 9.97. The van der Waals surface area contributed by atoms with Crippen molar-refractivity contribution in [2.75, 3.05) is 13.2 Å². The van der Waals surface area contributed by atoms with Crippen molar-refractivity contribution >= 4 is 11.9 Å². The summed E-state index contributed by atoms with van der Waals surface area (Å²) in [7, 11) is 0. The Morgan fingerprint density at radius 1 is 1.11 bits per heavy atom. The summed E-state index contributed by atoms with van der Waals surface area (Å²) in [5.41, 5.74) is -0.868. The summed E-state index contributed by atoms with van der Waals surface area (Å²) >= 11 is 0. The minimum absolute atomic E-state index is 0.736. The molecule has 0 aliphatic heterocycles. The third kappa shape index (κ3) is 5.83. The van der Waals surface area contributed by atoms with Crippen molar-refractivity contribution in [1.29, 1.82) is 0 Å². The van der Waals surface area contributed by atoms with Crippen LogP contribution in [0.25, 0.3) is 0 Å². The molecule has 0 aliphatic carbocycles. The molecule has 0 rings (SSSR count). The number of carbonyl (C=O) groups is 2. The number of halogens is 4. The Morgan fingerprint density at radius 2 is 1.61 bits per heavy atom. The van der Waals surface area contributed by atoms with Crippen LogP contribution < -0.4 is 0 Å². The van der Waals surface area contributed by atoms with Gasteiger partial charge >= 0.3 is 24.3 Å². The number of rotatable bonds is 5. The van der Waals surface area contributed by atoms with E-state index in [2.05, 4.69) is 9.47 Å². The van der Waals surface area contributed by atoms with E-state index in [1.54, 1.807) is 0 Å². The van der Waals surface area contributed by atoms with Crippen LogP contribution in [0.15, 0.2) is 0 Å². The van der Waals surface area contributed by atoms with Crippen molar-refractivity contribution in [1.82, 2.24) is 0 Å². The van der Waals surface area contributed by atoms with Gasteiger partial charge in [0.25, 0.3) is 0 Å². The topological polar surface area (TPSA) is 52.6 Å². The number of esters is 2. The van der Waals surface area contributed by atoms with Crippen molar-refractivity contribution in [2.24, 2.45) is 5.41 Å². The second-order valence-corrected chi connectivity index (χ2v) is 4.55. The van der Waals surface area contributed by atoms with E-state index in [-0.39, 0.29) is 0 Å². The molecular weight excluding hydrogens is 260 g/mol. The number of ether oxygens (including phenoxy) is 2. The zero-order valence-electron chi connectivity index (χ0n) is 10.1. The summed E-state index contributed by atoms with van der Waals surface area (Å²) in [4.78, 5) is 22.0. The van der Waals surface area contributed by atoms with Crippen LogP contribution in [0, 0.1) is 5.41 Å². The van der Waals surface area contributed by atoms with E-state index in [0.717, 1.165) is 0 Å². The molecule has 0 spiro atoms. The third-order valence-corrected chi connectivity index (χ3v) is 1.68. The highest BCUT2D eigenvalue weighted by molar-refractivity contribution is 5.79. The van der Waals surface area contributed by atoms with E-state index in [4.69, 9.17) is 0 Å². The highest BCUT2D eigenvalue weighted by Gasteiger charge is 2.42. The molecule has 0 fully saturated rings. The third-order valence-electron chi connectivity index (χ3n) is 1.68. The fraction of sp³-hybridized carbons (Fsp3) is 0.800. The average Bonchev–Trinajstić information content (AvgIpc) is 2.21. The predicted molar refractivity (Wildman–Crippen MR) is 52.3 cm³/mol. The molecule has 106 valence electrons. The van der Waals surface area contributed by atoms with Crippen molar-refractivity contribution in [3.63, 3.8) is 0 Å². The Bertz CT molecular complexity index is 309. The van der Waals surface area contributed by atoms with Gasteiger partial charge in [-0.3, -0.25) is 4.79 Å². The SMILES string of the molecule is CC(C)(C)C(=O)OCC(=O)OCC(F)(F)C(F)F. The fourth-order valence-corrected chi connectivity index (χ4v) is 0.622. The molecule has 0 aromatic heterocycles. The van der Waals surface area contributed by atoms with E-state index in [0.29, 0.717) is 0 Å². The molecule has 0 saturated carbocycles. The minimum Gasteiger partial charge on any atom is -0.457 e. The highest BCUT2D eigenvalue weighted by atomic mass is 19.3. The first-order chi connectivity index (χ1) is 7.97. The van der Waals surface area contributed by atoms with Crippen LogP contribution in [0.5, 0.6) is 0 Å². The molecule has 18 heavy (non-hydrogen) atoms. The Kier molecular flexibility index (Phi) is 5.56. The summed E-state index contributed by atoms with van der Waals surface area (Å²) < 4.78 is 56.5. The van der Waals surface area contributed by atoms with E-state index in [1.165, 1.54) is 20.8 Å².